The Hall–Kier alpha value is -3.75. The van der Waals surface area contributed by atoms with Gasteiger partial charge in [-0.3, -0.25) is 24.6 Å². The average Bonchev–Trinajstić information content (AvgIpc) is 2.94. The number of non-ortho nitro benzene ring substituents is 1. The first kappa shape index (κ1) is 19.0. The molecule has 9 nitrogen and oxygen atoms in total. The first-order valence-corrected chi connectivity index (χ1v) is 8.61. The van der Waals surface area contributed by atoms with E-state index in [4.69, 9.17) is 0 Å². The fraction of sp³-hybridized carbons (Fsp3) is 0.211. The van der Waals surface area contributed by atoms with Gasteiger partial charge in [-0.15, -0.1) is 0 Å². The van der Waals surface area contributed by atoms with Crippen molar-refractivity contribution in [3.63, 3.8) is 0 Å². The number of nitro groups is 1. The number of carbonyl (C=O) groups excluding carboxylic acids is 3. The minimum absolute atomic E-state index is 0.179. The van der Waals surface area contributed by atoms with Gasteiger partial charge in [0.1, 0.15) is 12.1 Å². The number of carbonyl (C=O) groups is 3. The summed E-state index contributed by atoms with van der Waals surface area (Å²) in [6, 6.07) is 13.6. The summed E-state index contributed by atoms with van der Waals surface area (Å²) in [4.78, 5) is 48.8. The van der Waals surface area contributed by atoms with E-state index in [1.165, 1.54) is 24.3 Å². The Labute approximate surface area is 160 Å². The Morgan fingerprint density at radius 1 is 1.18 bits per heavy atom. The molecule has 2 N–H and O–H groups in total. The molecular weight excluding hydrogens is 364 g/mol. The minimum Gasteiger partial charge on any atom is -0.324 e. The second-order valence-corrected chi connectivity index (χ2v) is 6.30. The lowest BCUT2D eigenvalue weighted by atomic mass is 9.87. The molecule has 1 aliphatic rings. The zero-order valence-corrected chi connectivity index (χ0v) is 15.0. The molecule has 0 unspecified atom stereocenters. The minimum atomic E-state index is -1.22. The first-order chi connectivity index (χ1) is 13.4. The van der Waals surface area contributed by atoms with Crippen molar-refractivity contribution in [2.75, 3.05) is 11.9 Å². The lowest BCUT2D eigenvalue weighted by Crippen LogP contribution is -2.44. The van der Waals surface area contributed by atoms with E-state index in [9.17, 15) is 24.5 Å². The van der Waals surface area contributed by atoms with Crippen molar-refractivity contribution >= 4 is 29.2 Å². The standard InChI is InChI=1S/C19H18N4O5/c1-2-19(13-7-4-3-5-8-13)17(25)22(18(26)21-19)12-16(24)20-14-9-6-10-15(11-14)23(27)28/h3-11H,2,12H2,1H3,(H,20,24)(H,21,26)/t19-/m1/s1. The van der Waals surface area contributed by atoms with Gasteiger partial charge < -0.3 is 10.6 Å². The Balaban J connectivity index is 1.76. The van der Waals surface area contributed by atoms with E-state index in [2.05, 4.69) is 10.6 Å². The quantitative estimate of drug-likeness (QED) is 0.451. The van der Waals surface area contributed by atoms with Gasteiger partial charge >= 0.3 is 6.03 Å². The largest absolute Gasteiger partial charge is 0.325 e. The van der Waals surface area contributed by atoms with Gasteiger partial charge in [0, 0.05) is 17.8 Å². The van der Waals surface area contributed by atoms with Crippen LogP contribution in [0.5, 0.6) is 0 Å². The number of hydrogen-bond acceptors (Lipinski definition) is 5. The topological polar surface area (TPSA) is 122 Å². The van der Waals surface area contributed by atoms with Crippen molar-refractivity contribution in [2.24, 2.45) is 0 Å². The van der Waals surface area contributed by atoms with Crippen LogP contribution in [0.2, 0.25) is 0 Å². The highest BCUT2D eigenvalue weighted by molar-refractivity contribution is 6.10. The molecule has 144 valence electrons. The number of anilines is 1. The number of hydrogen-bond donors (Lipinski definition) is 2. The third-order valence-corrected chi connectivity index (χ3v) is 4.62. The molecule has 28 heavy (non-hydrogen) atoms. The van der Waals surface area contributed by atoms with Crippen molar-refractivity contribution in [1.29, 1.82) is 0 Å². The molecule has 0 aromatic heterocycles. The fourth-order valence-corrected chi connectivity index (χ4v) is 3.17. The third kappa shape index (κ3) is 3.41. The molecule has 1 fully saturated rings. The maximum absolute atomic E-state index is 13.0. The molecule has 2 aromatic carbocycles. The lowest BCUT2D eigenvalue weighted by Gasteiger charge is -2.25. The normalized spacial score (nSPS) is 18.7. The fourth-order valence-electron chi connectivity index (χ4n) is 3.17. The predicted molar refractivity (Wildman–Crippen MR) is 100 cm³/mol. The molecule has 2 aromatic rings. The monoisotopic (exact) mass is 382 g/mol. The number of nitro benzene ring substituents is 1. The molecule has 0 saturated carbocycles. The summed E-state index contributed by atoms with van der Waals surface area (Å²) < 4.78 is 0. The summed E-state index contributed by atoms with van der Waals surface area (Å²) in [6.45, 7) is 1.28. The summed E-state index contributed by atoms with van der Waals surface area (Å²) in [5.41, 5.74) is -0.556. The highest BCUT2D eigenvalue weighted by Crippen LogP contribution is 2.32. The summed E-state index contributed by atoms with van der Waals surface area (Å²) in [6.07, 6.45) is 0.324. The number of benzene rings is 2. The molecule has 1 aliphatic heterocycles. The van der Waals surface area contributed by atoms with E-state index in [0.717, 1.165) is 4.90 Å². The second-order valence-electron chi connectivity index (χ2n) is 6.30. The van der Waals surface area contributed by atoms with Gasteiger partial charge in [0.15, 0.2) is 0 Å². The third-order valence-electron chi connectivity index (χ3n) is 4.62. The Bertz CT molecular complexity index is 946. The number of urea groups is 1. The van der Waals surface area contributed by atoms with Crippen LogP contribution in [-0.2, 0) is 15.1 Å². The van der Waals surface area contributed by atoms with Gasteiger partial charge in [-0.05, 0) is 18.1 Å². The van der Waals surface area contributed by atoms with Crippen LogP contribution < -0.4 is 10.6 Å². The smallest absolute Gasteiger partial charge is 0.324 e. The van der Waals surface area contributed by atoms with E-state index in [1.54, 1.807) is 37.3 Å². The highest BCUT2D eigenvalue weighted by atomic mass is 16.6. The van der Waals surface area contributed by atoms with E-state index in [-0.39, 0.29) is 11.4 Å². The molecular formula is C19H18N4O5. The highest BCUT2D eigenvalue weighted by Gasteiger charge is 2.51. The van der Waals surface area contributed by atoms with Gasteiger partial charge in [0.05, 0.1) is 4.92 Å². The van der Waals surface area contributed by atoms with Crippen LogP contribution in [0.25, 0.3) is 0 Å². The number of imide groups is 1. The Morgan fingerprint density at radius 2 is 1.89 bits per heavy atom. The molecule has 1 heterocycles. The van der Waals surface area contributed by atoms with Gasteiger partial charge in [-0.2, -0.15) is 0 Å². The van der Waals surface area contributed by atoms with Crippen LogP contribution in [0.3, 0.4) is 0 Å². The van der Waals surface area contributed by atoms with Crippen LogP contribution in [0.1, 0.15) is 18.9 Å². The molecule has 0 radical (unpaired) electrons. The van der Waals surface area contributed by atoms with Crippen LogP contribution >= 0.6 is 0 Å². The van der Waals surface area contributed by atoms with Crippen molar-refractivity contribution < 1.29 is 19.3 Å². The second kappa shape index (κ2) is 7.47. The molecule has 3 rings (SSSR count). The van der Waals surface area contributed by atoms with Crippen molar-refractivity contribution in [3.05, 3.63) is 70.3 Å². The Morgan fingerprint density at radius 3 is 2.54 bits per heavy atom. The summed E-state index contributed by atoms with van der Waals surface area (Å²) in [5.74, 6) is -1.15. The first-order valence-electron chi connectivity index (χ1n) is 8.61. The van der Waals surface area contributed by atoms with Crippen LogP contribution in [0.15, 0.2) is 54.6 Å². The van der Waals surface area contributed by atoms with Crippen molar-refractivity contribution in [3.8, 4) is 0 Å². The zero-order chi connectivity index (χ0) is 20.3. The Kier molecular flexibility index (Phi) is 5.08. The van der Waals surface area contributed by atoms with Gasteiger partial charge in [0.2, 0.25) is 5.91 Å². The van der Waals surface area contributed by atoms with Crippen LogP contribution in [0.4, 0.5) is 16.2 Å². The summed E-state index contributed by atoms with van der Waals surface area (Å²) in [7, 11) is 0. The summed E-state index contributed by atoms with van der Waals surface area (Å²) in [5, 5.41) is 16.0. The maximum Gasteiger partial charge on any atom is 0.325 e. The van der Waals surface area contributed by atoms with Crippen molar-refractivity contribution in [2.45, 2.75) is 18.9 Å². The van der Waals surface area contributed by atoms with Crippen LogP contribution in [-0.4, -0.2) is 34.2 Å². The number of amides is 4. The molecule has 0 spiro atoms. The van der Waals surface area contributed by atoms with E-state index < -0.39 is 34.9 Å². The molecule has 0 bridgehead atoms. The number of rotatable bonds is 6. The molecule has 1 saturated heterocycles. The van der Waals surface area contributed by atoms with Gasteiger partial charge in [-0.1, -0.05) is 43.3 Å². The molecule has 4 amide bonds. The molecule has 9 heteroatoms. The van der Waals surface area contributed by atoms with Gasteiger partial charge in [-0.25, -0.2) is 4.79 Å². The van der Waals surface area contributed by atoms with E-state index in [1.807, 2.05) is 0 Å². The van der Waals surface area contributed by atoms with E-state index >= 15 is 0 Å². The maximum atomic E-state index is 13.0. The molecule has 0 aliphatic carbocycles. The number of nitrogens with zero attached hydrogens (tertiary/aromatic N) is 2. The lowest BCUT2D eigenvalue weighted by molar-refractivity contribution is -0.384. The molecule has 1 atom stereocenters. The van der Waals surface area contributed by atoms with Gasteiger partial charge in [0.25, 0.3) is 11.6 Å². The average molecular weight is 382 g/mol. The zero-order valence-electron chi connectivity index (χ0n) is 15.0. The SMILES string of the molecule is CC[C@]1(c2ccccc2)NC(=O)N(CC(=O)Nc2cccc([N+](=O)[O-])c2)C1=O. The van der Waals surface area contributed by atoms with Crippen LogP contribution in [0, 0.1) is 10.1 Å². The van der Waals surface area contributed by atoms with Crippen molar-refractivity contribution in [1.82, 2.24) is 10.2 Å². The predicted octanol–water partition coefficient (Wildman–Crippen LogP) is 2.39. The summed E-state index contributed by atoms with van der Waals surface area (Å²) >= 11 is 0. The number of nitrogens with one attached hydrogen (secondary N) is 2. The van der Waals surface area contributed by atoms with E-state index in [0.29, 0.717) is 12.0 Å².